The zero-order valence-electron chi connectivity index (χ0n) is 14.8. The Labute approximate surface area is 162 Å². The highest BCUT2D eigenvalue weighted by Crippen LogP contribution is 2.30. The fraction of sp³-hybridized carbons (Fsp3) is 0.143. The Morgan fingerprint density at radius 3 is 2.22 bits per heavy atom. The molecule has 6 heteroatoms. The number of aromatic nitrogens is 3. The topological polar surface area (TPSA) is 67.8 Å². The van der Waals surface area contributed by atoms with E-state index in [0.717, 1.165) is 16.8 Å². The largest absolute Gasteiger partial charge is 0.344 e. The van der Waals surface area contributed by atoms with Gasteiger partial charge in [0, 0.05) is 11.1 Å². The molecule has 1 unspecified atom stereocenters. The highest BCUT2D eigenvalue weighted by Gasteiger charge is 2.18. The van der Waals surface area contributed by atoms with Crippen LogP contribution in [0.15, 0.2) is 65.8 Å². The first-order chi connectivity index (χ1) is 13.2. The lowest BCUT2D eigenvalue weighted by atomic mass is 10.0. The average Bonchev–Trinajstić information content (AvgIpc) is 2.73. The Hall–Kier alpha value is -3.17. The molecule has 1 N–H and O–H groups in total. The van der Waals surface area contributed by atoms with Crippen molar-refractivity contribution in [3.05, 3.63) is 60.7 Å². The Kier molecular flexibility index (Phi) is 6.18. The molecule has 0 fully saturated rings. The van der Waals surface area contributed by atoms with Gasteiger partial charge in [-0.05, 0) is 6.92 Å². The van der Waals surface area contributed by atoms with E-state index in [1.807, 2.05) is 60.7 Å². The van der Waals surface area contributed by atoms with Gasteiger partial charge in [0.25, 0.3) is 0 Å². The smallest absolute Gasteiger partial charge is 0.234 e. The summed E-state index contributed by atoms with van der Waals surface area (Å²) < 4.78 is 0. The number of thioether (sulfide) groups is 1. The molecule has 0 radical (unpaired) electrons. The molecule has 0 bridgehead atoms. The van der Waals surface area contributed by atoms with Crippen molar-refractivity contribution < 1.29 is 4.79 Å². The molecule has 1 heterocycles. The van der Waals surface area contributed by atoms with Crippen LogP contribution < -0.4 is 5.32 Å². The van der Waals surface area contributed by atoms with E-state index in [9.17, 15) is 4.79 Å². The van der Waals surface area contributed by atoms with Crippen molar-refractivity contribution in [2.24, 2.45) is 0 Å². The van der Waals surface area contributed by atoms with E-state index < -0.39 is 0 Å². The predicted octanol–water partition coefficient (Wildman–Crippen LogP) is 3.44. The molecule has 3 aromatic rings. The molecule has 0 saturated heterocycles. The highest BCUT2D eigenvalue weighted by molar-refractivity contribution is 8.00. The lowest BCUT2D eigenvalue weighted by Gasteiger charge is -2.12. The predicted molar refractivity (Wildman–Crippen MR) is 108 cm³/mol. The van der Waals surface area contributed by atoms with Crippen LogP contribution in [0.5, 0.6) is 0 Å². The van der Waals surface area contributed by atoms with Gasteiger partial charge in [0.05, 0.1) is 11.8 Å². The van der Waals surface area contributed by atoms with Crippen molar-refractivity contribution in [1.82, 2.24) is 20.5 Å². The normalized spacial score (nSPS) is 11.4. The van der Waals surface area contributed by atoms with Crippen LogP contribution >= 0.6 is 11.8 Å². The fourth-order valence-electron chi connectivity index (χ4n) is 2.44. The number of nitrogens with zero attached hydrogens (tertiary/aromatic N) is 3. The summed E-state index contributed by atoms with van der Waals surface area (Å²) in [6.07, 6.45) is 5.18. The van der Waals surface area contributed by atoms with Gasteiger partial charge in [-0.15, -0.1) is 16.6 Å². The lowest BCUT2D eigenvalue weighted by molar-refractivity contribution is -0.120. The maximum atomic E-state index is 12.0. The zero-order valence-corrected chi connectivity index (χ0v) is 15.6. The van der Waals surface area contributed by atoms with Crippen molar-refractivity contribution in [3.63, 3.8) is 0 Å². The van der Waals surface area contributed by atoms with E-state index in [-0.39, 0.29) is 17.7 Å². The molecular formula is C21H18N4OS. The van der Waals surface area contributed by atoms with Crippen molar-refractivity contribution in [3.8, 4) is 34.9 Å². The summed E-state index contributed by atoms with van der Waals surface area (Å²) >= 11 is 1.25. The number of terminal acetylenes is 1. The van der Waals surface area contributed by atoms with Crippen LogP contribution in [0.4, 0.5) is 0 Å². The van der Waals surface area contributed by atoms with Gasteiger partial charge in [-0.1, -0.05) is 78.3 Å². The van der Waals surface area contributed by atoms with Gasteiger partial charge in [-0.3, -0.25) is 4.79 Å². The molecule has 1 atom stereocenters. The van der Waals surface area contributed by atoms with Crippen LogP contribution in [0, 0.1) is 12.3 Å². The van der Waals surface area contributed by atoms with Gasteiger partial charge in [-0.2, -0.15) is 0 Å². The SMILES string of the molecule is C#CCNC(=O)C(C)Sc1nnc(-c2ccccc2)c(-c2ccccc2)n1. The van der Waals surface area contributed by atoms with Crippen molar-refractivity contribution in [1.29, 1.82) is 0 Å². The standard InChI is InChI=1S/C21H18N4OS/c1-3-14-22-20(26)15(2)27-21-23-18(16-10-6-4-7-11-16)19(24-25-21)17-12-8-5-9-13-17/h1,4-13,15H,14H2,2H3,(H,22,26). The van der Waals surface area contributed by atoms with E-state index in [4.69, 9.17) is 11.4 Å². The minimum absolute atomic E-state index is 0.157. The number of amides is 1. The third-order valence-corrected chi connectivity index (χ3v) is 4.73. The minimum Gasteiger partial charge on any atom is -0.344 e. The first kappa shape index (κ1) is 18.6. The first-order valence-electron chi connectivity index (χ1n) is 8.42. The number of carbonyl (C=O) groups is 1. The fourth-order valence-corrected chi connectivity index (χ4v) is 3.18. The second-order valence-corrected chi connectivity index (χ2v) is 7.01. The van der Waals surface area contributed by atoms with Crippen molar-refractivity contribution in [2.45, 2.75) is 17.3 Å². The van der Waals surface area contributed by atoms with Crippen LogP contribution in [0.3, 0.4) is 0 Å². The Morgan fingerprint density at radius 2 is 1.63 bits per heavy atom. The van der Waals surface area contributed by atoms with Gasteiger partial charge in [0.1, 0.15) is 11.4 Å². The number of hydrogen-bond donors (Lipinski definition) is 1. The monoisotopic (exact) mass is 374 g/mol. The van der Waals surface area contributed by atoms with Crippen molar-refractivity contribution >= 4 is 17.7 Å². The summed E-state index contributed by atoms with van der Waals surface area (Å²) in [6.45, 7) is 1.98. The molecular weight excluding hydrogens is 356 g/mol. The quantitative estimate of drug-likeness (QED) is 0.529. The zero-order chi connectivity index (χ0) is 19.1. The second kappa shape index (κ2) is 8.97. The molecule has 27 heavy (non-hydrogen) atoms. The molecule has 1 amide bonds. The average molecular weight is 374 g/mol. The molecule has 0 aliphatic heterocycles. The summed E-state index contributed by atoms with van der Waals surface area (Å²) in [5.41, 5.74) is 3.32. The summed E-state index contributed by atoms with van der Waals surface area (Å²) in [7, 11) is 0. The van der Waals surface area contributed by atoms with Crippen LogP contribution in [-0.4, -0.2) is 32.9 Å². The summed E-state index contributed by atoms with van der Waals surface area (Å²) in [5.74, 6) is 2.23. The van der Waals surface area contributed by atoms with Gasteiger partial charge < -0.3 is 5.32 Å². The third kappa shape index (κ3) is 4.72. The van der Waals surface area contributed by atoms with E-state index in [1.165, 1.54) is 11.8 Å². The summed E-state index contributed by atoms with van der Waals surface area (Å²) in [6, 6.07) is 19.6. The molecule has 3 rings (SSSR count). The summed E-state index contributed by atoms with van der Waals surface area (Å²) in [4.78, 5) is 16.7. The van der Waals surface area contributed by atoms with E-state index in [0.29, 0.717) is 10.9 Å². The molecule has 5 nitrogen and oxygen atoms in total. The van der Waals surface area contributed by atoms with Gasteiger partial charge >= 0.3 is 0 Å². The van der Waals surface area contributed by atoms with E-state index in [2.05, 4.69) is 21.4 Å². The molecule has 2 aromatic carbocycles. The maximum absolute atomic E-state index is 12.0. The Bertz CT molecular complexity index is 955. The van der Waals surface area contributed by atoms with Gasteiger partial charge in [0.15, 0.2) is 0 Å². The van der Waals surface area contributed by atoms with E-state index >= 15 is 0 Å². The molecule has 1 aromatic heterocycles. The first-order valence-corrected chi connectivity index (χ1v) is 9.30. The van der Waals surface area contributed by atoms with E-state index in [1.54, 1.807) is 6.92 Å². The second-order valence-electron chi connectivity index (χ2n) is 5.71. The van der Waals surface area contributed by atoms with Gasteiger partial charge in [0.2, 0.25) is 11.1 Å². The van der Waals surface area contributed by atoms with Crippen LogP contribution in [-0.2, 0) is 4.79 Å². The number of benzene rings is 2. The molecule has 0 spiro atoms. The molecule has 0 aliphatic carbocycles. The Morgan fingerprint density at radius 1 is 1.04 bits per heavy atom. The number of hydrogen-bond acceptors (Lipinski definition) is 5. The van der Waals surface area contributed by atoms with Crippen LogP contribution in [0.1, 0.15) is 6.92 Å². The third-order valence-electron chi connectivity index (χ3n) is 3.78. The molecule has 0 saturated carbocycles. The molecule has 0 aliphatic rings. The highest BCUT2D eigenvalue weighted by atomic mass is 32.2. The van der Waals surface area contributed by atoms with Crippen LogP contribution in [0.25, 0.3) is 22.5 Å². The van der Waals surface area contributed by atoms with Crippen molar-refractivity contribution in [2.75, 3.05) is 6.54 Å². The molecule has 134 valence electrons. The van der Waals surface area contributed by atoms with Crippen LogP contribution in [0.2, 0.25) is 0 Å². The lowest BCUT2D eigenvalue weighted by Crippen LogP contribution is -2.31. The Balaban J connectivity index is 1.94. The number of rotatable bonds is 6. The van der Waals surface area contributed by atoms with Gasteiger partial charge in [-0.25, -0.2) is 4.98 Å². The maximum Gasteiger partial charge on any atom is 0.234 e. The minimum atomic E-state index is -0.383. The number of nitrogens with one attached hydrogen (secondary N) is 1. The number of carbonyl (C=O) groups excluding carboxylic acids is 1. The summed E-state index contributed by atoms with van der Waals surface area (Å²) in [5, 5.41) is 11.4.